The molecule has 0 fully saturated rings. The molecule has 1 heterocycles. The van der Waals surface area contributed by atoms with E-state index in [9.17, 15) is 9.18 Å². The van der Waals surface area contributed by atoms with Gasteiger partial charge < -0.3 is 10.6 Å². The second-order valence-corrected chi connectivity index (χ2v) is 4.30. The first-order chi connectivity index (χ1) is 9.63. The molecule has 104 valence electrons. The molecule has 2 aromatic rings. The van der Waals surface area contributed by atoms with E-state index in [1.165, 1.54) is 5.56 Å². The third-order valence-electron chi connectivity index (χ3n) is 2.96. The average molecular weight is 273 g/mol. The first kappa shape index (κ1) is 14.0. The number of carbonyl (C=O) groups excluding carboxylic acids is 1. The average Bonchev–Trinajstić information content (AvgIpc) is 2.48. The van der Waals surface area contributed by atoms with Crippen molar-refractivity contribution in [2.24, 2.45) is 0 Å². The molecule has 0 unspecified atom stereocenters. The number of pyridine rings is 1. The molecule has 0 spiro atoms. The Bertz CT molecular complexity index is 611. The third kappa shape index (κ3) is 3.12. The van der Waals surface area contributed by atoms with Gasteiger partial charge in [-0.1, -0.05) is 19.1 Å². The zero-order chi connectivity index (χ0) is 14.5. The second kappa shape index (κ2) is 6.14. The molecule has 20 heavy (non-hydrogen) atoms. The summed E-state index contributed by atoms with van der Waals surface area (Å²) in [6.07, 6.45) is 2.00. The van der Waals surface area contributed by atoms with Crippen LogP contribution in [0.25, 0.3) is 0 Å². The van der Waals surface area contributed by atoms with Crippen LogP contribution in [0.15, 0.2) is 36.5 Å². The molecule has 1 amide bonds. The molecule has 2 N–H and O–H groups in total. The number of benzene rings is 1. The van der Waals surface area contributed by atoms with Crippen LogP contribution in [0, 0.1) is 5.82 Å². The zero-order valence-electron chi connectivity index (χ0n) is 11.4. The van der Waals surface area contributed by atoms with E-state index >= 15 is 0 Å². The summed E-state index contributed by atoms with van der Waals surface area (Å²) in [5, 5.41) is 5.49. The number of carbonyl (C=O) groups is 1. The zero-order valence-corrected chi connectivity index (χ0v) is 11.4. The Kier molecular flexibility index (Phi) is 4.30. The largest absolute Gasteiger partial charge is 0.372 e. The number of hydrogen-bond donors (Lipinski definition) is 2. The van der Waals surface area contributed by atoms with Gasteiger partial charge in [0.2, 0.25) is 0 Å². The maximum absolute atomic E-state index is 13.2. The van der Waals surface area contributed by atoms with Gasteiger partial charge in [-0.05, 0) is 30.2 Å². The molecule has 0 aliphatic rings. The predicted molar refractivity (Wildman–Crippen MR) is 77.5 cm³/mol. The van der Waals surface area contributed by atoms with Crippen LogP contribution in [0.1, 0.15) is 22.8 Å². The van der Waals surface area contributed by atoms with Crippen molar-refractivity contribution < 1.29 is 9.18 Å². The van der Waals surface area contributed by atoms with E-state index in [-0.39, 0.29) is 5.56 Å². The molecule has 0 atom stereocenters. The van der Waals surface area contributed by atoms with Gasteiger partial charge in [0, 0.05) is 12.7 Å². The van der Waals surface area contributed by atoms with Crippen LogP contribution in [0.2, 0.25) is 0 Å². The Balaban J connectivity index is 2.20. The maximum Gasteiger partial charge on any atom is 0.259 e. The van der Waals surface area contributed by atoms with Crippen molar-refractivity contribution in [3.63, 3.8) is 0 Å². The molecule has 1 aromatic heterocycles. The molecular formula is C15H16FN3O. The minimum absolute atomic E-state index is 0.173. The lowest BCUT2D eigenvalue weighted by Gasteiger charge is -2.09. The minimum Gasteiger partial charge on any atom is -0.372 e. The van der Waals surface area contributed by atoms with Gasteiger partial charge in [-0.25, -0.2) is 9.37 Å². The topological polar surface area (TPSA) is 54.0 Å². The number of halogens is 1. The van der Waals surface area contributed by atoms with Crippen LogP contribution in [0.3, 0.4) is 0 Å². The summed E-state index contributed by atoms with van der Waals surface area (Å²) in [4.78, 5) is 16.0. The molecule has 0 aliphatic carbocycles. The van der Waals surface area contributed by atoms with Crippen LogP contribution in [-0.2, 0) is 6.42 Å². The quantitative estimate of drug-likeness (QED) is 0.900. The fraction of sp³-hybridized carbons (Fsp3) is 0.200. The summed E-state index contributed by atoms with van der Waals surface area (Å²) >= 11 is 0. The molecule has 0 radical (unpaired) electrons. The van der Waals surface area contributed by atoms with E-state index in [0.29, 0.717) is 11.5 Å². The SMILES string of the molecule is CCc1ccc(NC(=O)c2cc(F)cnc2NC)cc1. The standard InChI is InChI=1S/C15H16FN3O/c1-3-10-4-6-12(7-5-10)19-15(20)13-8-11(16)9-18-14(13)17-2/h4-9H,3H2,1-2H3,(H,17,18)(H,19,20). The maximum atomic E-state index is 13.2. The number of rotatable bonds is 4. The van der Waals surface area contributed by atoms with Crippen LogP contribution in [-0.4, -0.2) is 17.9 Å². The van der Waals surface area contributed by atoms with Crippen molar-refractivity contribution in [1.29, 1.82) is 0 Å². The Hall–Kier alpha value is -2.43. The fourth-order valence-electron chi connectivity index (χ4n) is 1.83. The summed E-state index contributed by atoms with van der Waals surface area (Å²) in [5.41, 5.74) is 2.02. The van der Waals surface area contributed by atoms with Crippen LogP contribution < -0.4 is 10.6 Å². The minimum atomic E-state index is -0.546. The lowest BCUT2D eigenvalue weighted by Crippen LogP contribution is -2.15. The van der Waals surface area contributed by atoms with Gasteiger partial charge in [-0.3, -0.25) is 4.79 Å². The highest BCUT2D eigenvalue weighted by Gasteiger charge is 2.13. The van der Waals surface area contributed by atoms with Crippen LogP contribution in [0.4, 0.5) is 15.9 Å². The molecule has 0 saturated heterocycles. The van der Waals surface area contributed by atoms with Gasteiger partial charge in [0.05, 0.1) is 11.8 Å². The highest BCUT2D eigenvalue weighted by molar-refractivity contribution is 6.07. The molecule has 1 aromatic carbocycles. The Morgan fingerprint density at radius 1 is 1.30 bits per heavy atom. The Morgan fingerprint density at radius 2 is 2.00 bits per heavy atom. The smallest absolute Gasteiger partial charge is 0.259 e. The van der Waals surface area contributed by atoms with Crippen LogP contribution >= 0.6 is 0 Å². The number of hydrogen-bond acceptors (Lipinski definition) is 3. The van der Waals surface area contributed by atoms with Gasteiger partial charge in [-0.15, -0.1) is 0 Å². The van der Waals surface area contributed by atoms with Gasteiger partial charge in [0.25, 0.3) is 5.91 Å². The molecule has 2 rings (SSSR count). The first-order valence-electron chi connectivity index (χ1n) is 6.37. The normalized spacial score (nSPS) is 10.2. The summed E-state index contributed by atoms with van der Waals surface area (Å²) in [7, 11) is 1.63. The van der Waals surface area contributed by atoms with Crippen molar-refractivity contribution in [2.45, 2.75) is 13.3 Å². The van der Waals surface area contributed by atoms with Crippen molar-refractivity contribution in [1.82, 2.24) is 4.98 Å². The van der Waals surface area contributed by atoms with Gasteiger partial charge >= 0.3 is 0 Å². The summed E-state index contributed by atoms with van der Waals surface area (Å²) < 4.78 is 13.2. The first-order valence-corrected chi connectivity index (χ1v) is 6.37. The molecule has 5 heteroatoms. The molecular weight excluding hydrogens is 257 g/mol. The van der Waals surface area contributed by atoms with E-state index in [1.807, 2.05) is 24.3 Å². The molecule has 0 aliphatic heterocycles. The summed E-state index contributed by atoms with van der Waals surface area (Å²) in [6.45, 7) is 2.06. The summed E-state index contributed by atoms with van der Waals surface area (Å²) in [6, 6.07) is 8.69. The monoisotopic (exact) mass is 273 g/mol. The van der Waals surface area contributed by atoms with Crippen molar-refractivity contribution in [3.05, 3.63) is 53.5 Å². The highest BCUT2D eigenvalue weighted by Crippen LogP contribution is 2.16. The number of amides is 1. The summed E-state index contributed by atoms with van der Waals surface area (Å²) in [5.74, 6) is -0.602. The third-order valence-corrected chi connectivity index (χ3v) is 2.96. The highest BCUT2D eigenvalue weighted by atomic mass is 19.1. The Morgan fingerprint density at radius 3 is 2.60 bits per heavy atom. The van der Waals surface area contributed by atoms with Crippen LogP contribution in [0.5, 0.6) is 0 Å². The fourth-order valence-corrected chi connectivity index (χ4v) is 1.83. The van der Waals surface area contributed by atoms with Crippen molar-refractivity contribution in [2.75, 3.05) is 17.7 Å². The van der Waals surface area contributed by atoms with Crippen molar-refractivity contribution >= 4 is 17.4 Å². The van der Waals surface area contributed by atoms with Gasteiger partial charge in [0.1, 0.15) is 11.6 Å². The lowest BCUT2D eigenvalue weighted by atomic mass is 10.1. The Labute approximate surface area is 117 Å². The van der Waals surface area contributed by atoms with E-state index in [1.54, 1.807) is 7.05 Å². The number of aryl methyl sites for hydroxylation is 1. The molecule has 4 nitrogen and oxygen atoms in total. The predicted octanol–water partition coefficient (Wildman–Crippen LogP) is 3.08. The van der Waals surface area contributed by atoms with Gasteiger partial charge in [-0.2, -0.15) is 0 Å². The van der Waals surface area contributed by atoms with Gasteiger partial charge in [0.15, 0.2) is 0 Å². The number of aromatic nitrogens is 1. The lowest BCUT2D eigenvalue weighted by molar-refractivity contribution is 0.102. The molecule has 0 saturated carbocycles. The van der Waals surface area contributed by atoms with E-state index in [2.05, 4.69) is 22.5 Å². The van der Waals surface area contributed by atoms with E-state index < -0.39 is 11.7 Å². The second-order valence-electron chi connectivity index (χ2n) is 4.30. The van der Waals surface area contributed by atoms with E-state index in [0.717, 1.165) is 18.7 Å². The van der Waals surface area contributed by atoms with Crippen molar-refractivity contribution in [3.8, 4) is 0 Å². The number of nitrogens with zero attached hydrogens (tertiary/aromatic N) is 1. The molecule has 0 bridgehead atoms. The number of anilines is 2. The van der Waals surface area contributed by atoms with E-state index in [4.69, 9.17) is 0 Å². The number of nitrogens with one attached hydrogen (secondary N) is 2.